The molecule has 0 spiro atoms. The number of phosphoric acid groups is 1. The van der Waals surface area contributed by atoms with Crippen LogP contribution in [0.1, 0.15) is 27.7 Å². The number of allylic oxidation sites excluding steroid dienone is 1. The minimum absolute atomic E-state index is 0.188. The second-order valence-electron chi connectivity index (χ2n) is 3.98. The van der Waals surface area contributed by atoms with Crippen LogP contribution >= 0.6 is 7.82 Å². The highest BCUT2D eigenvalue weighted by molar-refractivity contribution is 7.47. The van der Waals surface area contributed by atoms with E-state index in [1.54, 1.807) is 13.8 Å². The Morgan fingerprint density at radius 2 is 1.78 bits per heavy atom. The molecular weight excluding hydrogens is 255 g/mol. The summed E-state index contributed by atoms with van der Waals surface area (Å²) in [5.41, 5.74) is 1.34. The fourth-order valence-electron chi connectivity index (χ4n) is 1.43. The number of hydrogen-bond acceptors (Lipinski definition) is 5. The van der Waals surface area contributed by atoms with Crippen molar-refractivity contribution >= 4 is 7.82 Å². The van der Waals surface area contributed by atoms with Crippen LogP contribution in [0.3, 0.4) is 0 Å². The summed E-state index contributed by atoms with van der Waals surface area (Å²) in [7, 11) is 0.514. The van der Waals surface area contributed by atoms with Gasteiger partial charge in [0.25, 0.3) is 0 Å². The summed E-state index contributed by atoms with van der Waals surface area (Å²) >= 11 is 0. The molecule has 0 radical (unpaired) electrons. The van der Waals surface area contributed by atoms with E-state index in [2.05, 4.69) is 53.0 Å². The molecule has 6 nitrogen and oxygen atoms in total. The zero-order valence-electron chi connectivity index (χ0n) is 12.1. The largest absolute Gasteiger partial charge is 0.472 e. The molecule has 0 saturated carbocycles. The van der Waals surface area contributed by atoms with Gasteiger partial charge >= 0.3 is 7.82 Å². The molecule has 0 bridgehead atoms. The number of hydrogen-bond donors (Lipinski definition) is 1. The summed E-state index contributed by atoms with van der Waals surface area (Å²) in [5, 5.41) is 0. The molecule has 0 saturated heterocycles. The lowest BCUT2D eigenvalue weighted by atomic mass is 10.5. The van der Waals surface area contributed by atoms with Crippen LogP contribution in [0.2, 0.25) is 0 Å². The summed E-state index contributed by atoms with van der Waals surface area (Å²) in [6.07, 6.45) is 2.69. The Bertz CT molecular complexity index is 312. The van der Waals surface area contributed by atoms with Crippen molar-refractivity contribution in [1.29, 1.82) is 0 Å². The molecule has 7 heteroatoms. The van der Waals surface area contributed by atoms with E-state index >= 15 is 0 Å². The predicted octanol–water partition coefficient (Wildman–Crippen LogP) is 2.23. The molecule has 1 heterocycles. The Labute approximate surface area is 110 Å². The van der Waals surface area contributed by atoms with Gasteiger partial charge in [-0.1, -0.05) is 0 Å². The van der Waals surface area contributed by atoms with E-state index in [9.17, 15) is 4.57 Å². The topological polar surface area (TPSA) is 62.2 Å². The van der Waals surface area contributed by atoms with E-state index in [0.29, 0.717) is 6.17 Å². The van der Waals surface area contributed by atoms with Gasteiger partial charge in [0.15, 0.2) is 0 Å². The number of nitrogens with zero attached hydrogens (tertiary/aromatic N) is 2. The quantitative estimate of drug-likeness (QED) is 0.797. The van der Waals surface area contributed by atoms with E-state index in [1.807, 2.05) is 0 Å². The average Bonchev–Trinajstić information content (AvgIpc) is 2.46. The normalized spacial score (nSPS) is 19.5. The van der Waals surface area contributed by atoms with Crippen molar-refractivity contribution in [2.75, 3.05) is 27.3 Å². The van der Waals surface area contributed by atoms with Crippen molar-refractivity contribution in [3.8, 4) is 0 Å². The van der Waals surface area contributed by atoms with E-state index in [1.165, 1.54) is 5.70 Å². The Morgan fingerprint density at radius 3 is 1.94 bits per heavy atom. The molecule has 1 N–H and O–H groups in total. The van der Waals surface area contributed by atoms with Crippen molar-refractivity contribution in [3.05, 3.63) is 11.9 Å². The smallest absolute Gasteiger partial charge is 0.359 e. The lowest BCUT2D eigenvalue weighted by Crippen LogP contribution is -2.31. The highest BCUT2D eigenvalue weighted by Gasteiger charge is 2.18. The summed E-state index contributed by atoms with van der Waals surface area (Å²) in [5.74, 6) is 0. The fourth-order valence-corrected chi connectivity index (χ4v) is 2.15. The first-order chi connectivity index (χ1) is 8.25. The minimum atomic E-state index is -3.69. The number of phosphoric ester groups is 1. The molecular formula is C11H25N2O4P. The van der Waals surface area contributed by atoms with E-state index in [0.717, 1.165) is 0 Å². The number of rotatable bonds is 4. The van der Waals surface area contributed by atoms with E-state index in [4.69, 9.17) is 4.89 Å². The van der Waals surface area contributed by atoms with Crippen LogP contribution in [0, 0.1) is 0 Å². The molecule has 0 aromatic carbocycles. The van der Waals surface area contributed by atoms with Crippen molar-refractivity contribution in [1.82, 2.24) is 9.80 Å². The first-order valence-electron chi connectivity index (χ1n) is 6.00. The monoisotopic (exact) mass is 280 g/mol. The Balaban J connectivity index is 0.000000321. The van der Waals surface area contributed by atoms with Crippen LogP contribution in [0.15, 0.2) is 11.9 Å². The fraction of sp³-hybridized carbons (Fsp3) is 0.818. The maximum atomic E-state index is 10.5. The second kappa shape index (κ2) is 7.79. The van der Waals surface area contributed by atoms with Crippen LogP contribution in [0.4, 0.5) is 0 Å². The molecule has 1 aliphatic rings. The third kappa shape index (κ3) is 5.87. The Morgan fingerprint density at radius 1 is 1.33 bits per heavy atom. The highest BCUT2D eigenvalue weighted by atomic mass is 31.2. The third-order valence-electron chi connectivity index (χ3n) is 2.68. The van der Waals surface area contributed by atoms with E-state index in [-0.39, 0.29) is 13.2 Å². The van der Waals surface area contributed by atoms with Gasteiger partial charge in [-0.05, 0) is 27.7 Å². The molecule has 1 atom stereocenters. The molecule has 0 aromatic rings. The molecule has 0 aliphatic carbocycles. The summed E-state index contributed by atoms with van der Waals surface area (Å²) in [6, 6.07) is 0. The second-order valence-corrected chi connectivity index (χ2v) is 5.44. The zero-order valence-corrected chi connectivity index (χ0v) is 13.0. The molecule has 0 amide bonds. The zero-order chi connectivity index (χ0) is 14.3. The Kier molecular flexibility index (Phi) is 7.55. The lowest BCUT2D eigenvalue weighted by molar-refractivity contribution is 0.161. The van der Waals surface area contributed by atoms with Gasteiger partial charge in [-0.3, -0.25) is 9.05 Å². The minimum Gasteiger partial charge on any atom is -0.359 e. The predicted molar refractivity (Wildman–Crippen MR) is 71.8 cm³/mol. The van der Waals surface area contributed by atoms with Gasteiger partial charge in [0, 0.05) is 26.0 Å². The molecule has 18 heavy (non-hydrogen) atoms. The Hall–Kier alpha value is -0.550. The van der Waals surface area contributed by atoms with Crippen molar-refractivity contribution in [3.63, 3.8) is 0 Å². The highest BCUT2D eigenvalue weighted by Crippen LogP contribution is 2.42. The van der Waals surface area contributed by atoms with E-state index < -0.39 is 7.82 Å². The van der Waals surface area contributed by atoms with Gasteiger partial charge < -0.3 is 14.7 Å². The van der Waals surface area contributed by atoms with Crippen LogP contribution in [0.25, 0.3) is 0 Å². The average molecular weight is 280 g/mol. The van der Waals surface area contributed by atoms with Crippen LogP contribution in [0.5, 0.6) is 0 Å². The molecule has 0 aromatic heterocycles. The van der Waals surface area contributed by atoms with Crippen LogP contribution < -0.4 is 0 Å². The van der Waals surface area contributed by atoms with Gasteiger partial charge in [-0.25, -0.2) is 4.57 Å². The summed E-state index contributed by atoms with van der Waals surface area (Å²) < 4.78 is 19.2. The maximum absolute atomic E-state index is 10.5. The van der Waals surface area contributed by atoms with Gasteiger partial charge in [-0.2, -0.15) is 0 Å². The molecule has 108 valence electrons. The van der Waals surface area contributed by atoms with Crippen molar-refractivity contribution in [2.24, 2.45) is 0 Å². The third-order valence-corrected chi connectivity index (χ3v) is 3.85. The van der Waals surface area contributed by atoms with Gasteiger partial charge in [0.05, 0.1) is 19.4 Å². The van der Waals surface area contributed by atoms with Crippen LogP contribution in [-0.4, -0.2) is 48.2 Å². The standard InChI is InChI=1S/C7H14N2.C4H11O4P/c1-6-5-8(3)7(2)9(6)4;1-3-7-9(5,6)8-4-2/h5,7H,1-4H3;3-4H2,1-2H3,(H,5,6). The van der Waals surface area contributed by atoms with Gasteiger partial charge in [0.2, 0.25) is 0 Å². The van der Waals surface area contributed by atoms with Gasteiger partial charge in [0.1, 0.15) is 0 Å². The first-order valence-corrected chi connectivity index (χ1v) is 7.49. The van der Waals surface area contributed by atoms with Crippen molar-refractivity contribution in [2.45, 2.75) is 33.9 Å². The SMILES string of the molecule is CC1=CN(C)C(C)N1C.CCOP(=O)(O)OCC. The van der Waals surface area contributed by atoms with Crippen molar-refractivity contribution < 1.29 is 18.5 Å². The van der Waals surface area contributed by atoms with Crippen LogP contribution in [-0.2, 0) is 13.6 Å². The molecule has 0 fully saturated rings. The lowest BCUT2D eigenvalue weighted by Gasteiger charge is -2.24. The summed E-state index contributed by atoms with van der Waals surface area (Å²) in [6.45, 7) is 7.94. The van der Waals surface area contributed by atoms with Gasteiger partial charge in [-0.15, -0.1) is 0 Å². The molecule has 1 unspecified atom stereocenters. The summed E-state index contributed by atoms with van der Waals surface area (Å²) in [4.78, 5) is 13.1. The molecule has 1 aliphatic heterocycles. The molecule has 1 rings (SSSR count). The maximum Gasteiger partial charge on any atom is 0.472 e. The first kappa shape index (κ1) is 17.4.